The number of rotatable bonds is 0. The van der Waals surface area contributed by atoms with E-state index in [0.717, 1.165) is 18.4 Å². The average Bonchev–Trinajstić information content (AvgIpc) is 2.06. The molecule has 0 radical (unpaired) electrons. The van der Waals surface area contributed by atoms with Gasteiger partial charge in [-0.2, -0.15) is 0 Å². The van der Waals surface area contributed by atoms with Crippen molar-refractivity contribution in [3.05, 3.63) is 41.5 Å². The third-order valence-corrected chi connectivity index (χ3v) is 2.07. The normalized spacial score (nSPS) is 14.5. The number of aromatic hydroxyl groups is 1. The number of fused-ring (bicyclic) bond motifs is 1. The van der Waals surface area contributed by atoms with E-state index in [2.05, 4.69) is 18.2 Å². The third-order valence-electron chi connectivity index (χ3n) is 2.07. The SMILES string of the molecule is Oc1cccc2c1CC=CC2. The Labute approximate surface area is 66.0 Å². The number of allylic oxidation sites excluding steroid dienone is 2. The van der Waals surface area contributed by atoms with Gasteiger partial charge in [0.15, 0.2) is 0 Å². The monoisotopic (exact) mass is 146 g/mol. The van der Waals surface area contributed by atoms with Crippen molar-refractivity contribution in [2.75, 3.05) is 0 Å². The summed E-state index contributed by atoms with van der Waals surface area (Å²) in [4.78, 5) is 0. The first-order valence-corrected chi connectivity index (χ1v) is 3.82. The fourth-order valence-corrected chi connectivity index (χ4v) is 1.46. The van der Waals surface area contributed by atoms with E-state index in [4.69, 9.17) is 0 Å². The molecule has 1 aliphatic rings. The van der Waals surface area contributed by atoms with E-state index in [0.29, 0.717) is 5.75 Å². The fourth-order valence-electron chi connectivity index (χ4n) is 1.46. The zero-order chi connectivity index (χ0) is 7.68. The Bertz CT molecular complexity index is 300. The molecule has 1 aliphatic carbocycles. The van der Waals surface area contributed by atoms with Crippen LogP contribution < -0.4 is 0 Å². The van der Waals surface area contributed by atoms with Crippen LogP contribution in [0.25, 0.3) is 0 Å². The van der Waals surface area contributed by atoms with Crippen LogP contribution in [0, 0.1) is 0 Å². The molecule has 0 saturated carbocycles. The van der Waals surface area contributed by atoms with Crippen LogP contribution in [0.3, 0.4) is 0 Å². The second-order valence-corrected chi connectivity index (χ2v) is 2.79. The van der Waals surface area contributed by atoms with E-state index in [1.165, 1.54) is 5.56 Å². The lowest BCUT2D eigenvalue weighted by Crippen LogP contribution is -1.96. The summed E-state index contributed by atoms with van der Waals surface area (Å²) in [5, 5.41) is 9.42. The highest BCUT2D eigenvalue weighted by Crippen LogP contribution is 2.24. The molecule has 11 heavy (non-hydrogen) atoms. The van der Waals surface area contributed by atoms with Crippen LogP contribution in [-0.2, 0) is 12.8 Å². The van der Waals surface area contributed by atoms with Gasteiger partial charge in [0.05, 0.1) is 0 Å². The van der Waals surface area contributed by atoms with Crippen molar-refractivity contribution in [2.45, 2.75) is 12.8 Å². The minimum atomic E-state index is 0.437. The molecule has 0 unspecified atom stereocenters. The van der Waals surface area contributed by atoms with Crippen LogP contribution in [0.2, 0.25) is 0 Å². The van der Waals surface area contributed by atoms with E-state index >= 15 is 0 Å². The highest BCUT2D eigenvalue weighted by atomic mass is 16.3. The van der Waals surface area contributed by atoms with E-state index in [1.807, 2.05) is 6.07 Å². The van der Waals surface area contributed by atoms with Crippen molar-refractivity contribution in [3.8, 4) is 5.75 Å². The van der Waals surface area contributed by atoms with E-state index in [1.54, 1.807) is 6.07 Å². The Morgan fingerprint density at radius 2 is 1.91 bits per heavy atom. The minimum Gasteiger partial charge on any atom is -0.508 e. The van der Waals surface area contributed by atoms with Crippen LogP contribution in [0.5, 0.6) is 5.75 Å². The van der Waals surface area contributed by atoms with Crippen LogP contribution in [-0.4, -0.2) is 5.11 Å². The molecule has 0 fully saturated rings. The van der Waals surface area contributed by atoms with Crippen molar-refractivity contribution in [1.82, 2.24) is 0 Å². The molecular formula is C10H10O. The van der Waals surface area contributed by atoms with Crippen LogP contribution in [0.15, 0.2) is 30.4 Å². The first kappa shape index (κ1) is 6.47. The van der Waals surface area contributed by atoms with Crippen molar-refractivity contribution in [3.63, 3.8) is 0 Å². The molecule has 1 aromatic carbocycles. The second-order valence-electron chi connectivity index (χ2n) is 2.79. The maximum atomic E-state index is 9.42. The molecule has 0 aromatic heterocycles. The number of hydrogen-bond donors (Lipinski definition) is 1. The molecule has 56 valence electrons. The lowest BCUT2D eigenvalue weighted by atomic mass is 9.96. The topological polar surface area (TPSA) is 20.2 Å². The van der Waals surface area contributed by atoms with Gasteiger partial charge in [-0.15, -0.1) is 0 Å². The molecule has 1 nitrogen and oxygen atoms in total. The van der Waals surface area contributed by atoms with Crippen molar-refractivity contribution in [1.29, 1.82) is 0 Å². The predicted octanol–water partition coefficient (Wildman–Crippen LogP) is 2.05. The first-order valence-electron chi connectivity index (χ1n) is 3.82. The maximum Gasteiger partial charge on any atom is 0.119 e. The maximum absolute atomic E-state index is 9.42. The molecule has 1 heteroatoms. The summed E-state index contributed by atoms with van der Waals surface area (Å²) in [5.74, 6) is 0.437. The number of hydrogen-bond acceptors (Lipinski definition) is 1. The molecule has 1 aromatic rings. The largest absolute Gasteiger partial charge is 0.508 e. The Morgan fingerprint density at radius 1 is 1.09 bits per heavy atom. The number of phenols is 1. The molecular weight excluding hydrogens is 136 g/mol. The molecule has 1 N–H and O–H groups in total. The summed E-state index contributed by atoms with van der Waals surface area (Å²) < 4.78 is 0. The second kappa shape index (κ2) is 2.42. The van der Waals surface area contributed by atoms with Crippen molar-refractivity contribution in [2.24, 2.45) is 0 Å². The standard InChI is InChI=1S/C10H10O/c11-10-7-3-5-8-4-1-2-6-9(8)10/h1-3,5,7,11H,4,6H2. The summed E-state index contributed by atoms with van der Waals surface area (Å²) in [6.45, 7) is 0. The molecule has 0 amide bonds. The van der Waals surface area contributed by atoms with Gasteiger partial charge < -0.3 is 5.11 Å². The fraction of sp³-hybridized carbons (Fsp3) is 0.200. The molecule has 0 atom stereocenters. The van der Waals surface area contributed by atoms with Gasteiger partial charge in [-0.3, -0.25) is 0 Å². The minimum absolute atomic E-state index is 0.437. The Kier molecular flexibility index (Phi) is 1.42. The highest BCUT2D eigenvalue weighted by molar-refractivity contribution is 5.43. The van der Waals surface area contributed by atoms with E-state index < -0.39 is 0 Å². The van der Waals surface area contributed by atoms with Crippen LogP contribution >= 0.6 is 0 Å². The third kappa shape index (κ3) is 1.03. The summed E-state index contributed by atoms with van der Waals surface area (Å²) in [7, 11) is 0. The average molecular weight is 146 g/mol. The molecule has 0 spiro atoms. The number of benzene rings is 1. The Balaban J connectivity index is 2.54. The van der Waals surface area contributed by atoms with E-state index in [-0.39, 0.29) is 0 Å². The van der Waals surface area contributed by atoms with Gasteiger partial charge in [-0.05, 0) is 24.5 Å². The molecule has 0 saturated heterocycles. The summed E-state index contributed by atoms with van der Waals surface area (Å²) >= 11 is 0. The van der Waals surface area contributed by atoms with Gasteiger partial charge >= 0.3 is 0 Å². The van der Waals surface area contributed by atoms with Crippen LogP contribution in [0.1, 0.15) is 11.1 Å². The van der Waals surface area contributed by atoms with Crippen LogP contribution in [0.4, 0.5) is 0 Å². The smallest absolute Gasteiger partial charge is 0.119 e. The Morgan fingerprint density at radius 3 is 2.73 bits per heavy atom. The molecule has 0 aliphatic heterocycles. The van der Waals surface area contributed by atoms with Gasteiger partial charge in [0.1, 0.15) is 5.75 Å². The quantitative estimate of drug-likeness (QED) is 0.555. The molecule has 0 bridgehead atoms. The lowest BCUT2D eigenvalue weighted by Gasteiger charge is -2.11. The first-order chi connectivity index (χ1) is 5.38. The van der Waals surface area contributed by atoms with Gasteiger partial charge in [0.25, 0.3) is 0 Å². The van der Waals surface area contributed by atoms with E-state index in [9.17, 15) is 5.11 Å². The summed E-state index contributed by atoms with van der Waals surface area (Å²) in [5.41, 5.74) is 2.35. The predicted molar refractivity (Wildman–Crippen MR) is 44.7 cm³/mol. The van der Waals surface area contributed by atoms with Crippen molar-refractivity contribution < 1.29 is 5.11 Å². The van der Waals surface area contributed by atoms with Gasteiger partial charge in [0, 0.05) is 5.56 Å². The van der Waals surface area contributed by atoms with Crippen molar-refractivity contribution >= 4 is 0 Å². The summed E-state index contributed by atoms with van der Waals surface area (Å²) in [6, 6.07) is 5.71. The summed E-state index contributed by atoms with van der Waals surface area (Å²) in [6.07, 6.45) is 6.08. The van der Waals surface area contributed by atoms with Gasteiger partial charge in [-0.25, -0.2) is 0 Å². The lowest BCUT2D eigenvalue weighted by molar-refractivity contribution is 0.468. The van der Waals surface area contributed by atoms with Gasteiger partial charge in [-0.1, -0.05) is 24.3 Å². The zero-order valence-corrected chi connectivity index (χ0v) is 6.25. The molecule has 0 heterocycles. The molecule has 2 rings (SSSR count). The zero-order valence-electron chi connectivity index (χ0n) is 6.25. The Hall–Kier alpha value is -1.24. The number of phenolic OH excluding ortho intramolecular Hbond substituents is 1. The van der Waals surface area contributed by atoms with Gasteiger partial charge in [0.2, 0.25) is 0 Å². The highest BCUT2D eigenvalue weighted by Gasteiger charge is 2.07.